The highest BCUT2D eigenvalue weighted by Gasteiger charge is 2.23. The fourth-order valence-corrected chi connectivity index (χ4v) is 3.76. The maximum atomic E-state index is 12.6. The van der Waals surface area contributed by atoms with Gasteiger partial charge < -0.3 is 9.26 Å². The van der Waals surface area contributed by atoms with E-state index in [9.17, 15) is 9.59 Å². The molecule has 0 aliphatic heterocycles. The standard InChI is InChI=1S/C21H20N2O4S/c1-13-18(14(2)27-23-13)12-28-20-17(10-7-11-22-20)21(25)26-15(3)19(24)16-8-5-4-6-9-16/h4-11,15H,12H2,1-3H3. The maximum Gasteiger partial charge on any atom is 0.341 e. The van der Waals surface area contributed by atoms with Crippen molar-refractivity contribution in [3.63, 3.8) is 0 Å². The molecule has 3 rings (SSSR count). The molecule has 1 atom stereocenters. The van der Waals surface area contributed by atoms with Crippen LogP contribution in [0.3, 0.4) is 0 Å². The number of pyridine rings is 1. The van der Waals surface area contributed by atoms with E-state index < -0.39 is 12.1 Å². The van der Waals surface area contributed by atoms with Crippen molar-refractivity contribution in [3.05, 3.63) is 76.8 Å². The van der Waals surface area contributed by atoms with Crippen molar-refractivity contribution < 1.29 is 18.8 Å². The van der Waals surface area contributed by atoms with Gasteiger partial charge in [-0.15, -0.1) is 11.8 Å². The zero-order chi connectivity index (χ0) is 20.1. The van der Waals surface area contributed by atoms with Gasteiger partial charge in [-0.1, -0.05) is 35.5 Å². The minimum atomic E-state index is -0.893. The first-order valence-corrected chi connectivity index (χ1v) is 9.75. The van der Waals surface area contributed by atoms with E-state index in [1.807, 2.05) is 19.9 Å². The van der Waals surface area contributed by atoms with Crippen molar-refractivity contribution in [2.45, 2.75) is 37.7 Å². The summed E-state index contributed by atoms with van der Waals surface area (Å²) in [6, 6.07) is 12.1. The van der Waals surface area contributed by atoms with Crippen LogP contribution < -0.4 is 0 Å². The van der Waals surface area contributed by atoms with Gasteiger partial charge in [-0.3, -0.25) is 4.79 Å². The van der Waals surface area contributed by atoms with Crippen LogP contribution in [0.2, 0.25) is 0 Å². The molecule has 0 bridgehead atoms. The Morgan fingerprint density at radius 3 is 2.57 bits per heavy atom. The molecule has 1 unspecified atom stereocenters. The Labute approximate surface area is 167 Å². The number of Topliss-reactive ketones (excluding diaryl/α,β-unsaturated/α-hetero) is 1. The first-order valence-electron chi connectivity index (χ1n) is 8.77. The first-order chi connectivity index (χ1) is 13.5. The number of benzene rings is 1. The van der Waals surface area contributed by atoms with Gasteiger partial charge in [-0.2, -0.15) is 0 Å². The molecule has 0 fully saturated rings. The zero-order valence-electron chi connectivity index (χ0n) is 15.8. The number of aryl methyl sites for hydroxylation is 2. The quantitative estimate of drug-likeness (QED) is 0.332. The smallest absolute Gasteiger partial charge is 0.341 e. The molecule has 0 saturated carbocycles. The van der Waals surface area contributed by atoms with Crippen molar-refractivity contribution in [3.8, 4) is 0 Å². The number of hydrogen-bond donors (Lipinski definition) is 0. The molecule has 0 saturated heterocycles. The Kier molecular flexibility index (Phi) is 6.26. The number of ketones is 1. The molecule has 0 N–H and O–H groups in total. The predicted molar refractivity (Wildman–Crippen MR) is 105 cm³/mol. The molecule has 2 aromatic heterocycles. The highest BCUT2D eigenvalue weighted by atomic mass is 32.2. The third-order valence-corrected chi connectivity index (χ3v) is 5.27. The summed E-state index contributed by atoms with van der Waals surface area (Å²) in [6.07, 6.45) is 0.723. The maximum absolute atomic E-state index is 12.6. The fourth-order valence-electron chi connectivity index (χ4n) is 2.62. The minimum absolute atomic E-state index is 0.247. The van der Waals surface area contributed by atoms with Crippen LogP contribution in [0.15, 0.2) is 58.2 Å². The van der Waals surface area contributed by atoms with Gasteiger partial charge in [0, 0.05) is 23.1 Å². The van der Waals surface area contributed by atoms with Crippen LogP contribution in [0.25, 0.3) is 0 Å². The topological polar surface area (TPSA) is 82.3 Å². The Balaban J connectivity index is 1.71. The lowest BCUT2D eigenvalue weighted by molar-refractivity contribution is 0.0314. The number of aromatic nitrogens is 2. The van der Waals surface area contributed by atoms with Gasteiger partial charge in [-0.25, -0.2) is 9.78 Å². The summed E-state index contributed by atoms with van der Waals surface area (Å²) in [7, 11) is 0. The second-order valence-corrected chi connectivity index (χ2v) is 7.19. The second-order valence-electron chi connectivity index (χ2n) is 6.23. The Hall–Kier alpha value is -2.93. The van der Waals surface area contributed by atoms with Crippen molar-refractivity contribution >= 4 is 23.5 Å². The second kappa shape index (κ2) is 8.84. The van der Waals surface area contributed by atoms with Crippen LogP contribution in [0, 0.1) is 13.8 Å². The highest BCUT2D eigenvalue weighted by molar-refractivity contribution is 7.98. The monoisotopic (exact) mass is 396 g/mol. The Morgan fingerprint density at radius 2 is 1.89 bits per heavy atom. The molecule has 7 heteroatoms. The number of thioether (sulfide) groups is 1. The molecule has 0 spiro atoms. The molecule has 144 valence electrons. The molecule has 2 heterocycles. The predicted octanol–water partition coefficient (Wildman–Crippen LogP) is 4.41. The summed E-state index contributed by atoms with van der Waals surface area (Å²) in [5.41, 5.74) is 2.61. The molecule has 1 aromatic carbocycles. The molecular weight excluding hydrogens is 376 g/mol. The van der Waals surface area contributed by atoms with E-state index in [4.69, 9.17) is 9.26 Å². The molecule has 0 aliphatic rings. The summed E-state index contributed by atoms with van der Waals surface area (Å²) < 4.78 is 10.6. The largest absolute Gasteiger partial charge is 0.451 e. The fraction of sp³-hybridized carbons (Fsp3) is 0.238. The van der Waals surface area contributed by atoms with Crippen molar-refractivity contribution in [1.29, 1.82) is 0 Å². The van der Waals surface area contributed by atoms with Crippen LogP contribution in [-0.4, -0.2) is 28.0 Å². The molecule has 3 aromatic rings. The Bertz CT molecular complexity index is 966. The molecule has 6 nitrogen and oxygen atoms in total. The number of rotatable bonds is 7. The number of carbonyl (C=O) groups is 2. The van der Waals surface area contributed by atoms with Crippen molar-refractivity contribution in [1.82, 2.24) is 10.1 Å². The summed E-state index contributed by atoms with van der Waals surface area (Å²) >= 11 is 1.40. The van der Waals surface area contributed by atoms with E-state index in [1.54, 1.807) is 49.5 Å². The molecular formula is C21H20N2O4S. The Morgan fingerprint density at radius 1 is 1.14 bits per heavy atom. The van der Waals surface area contributed by atoms with E-state index >= 15 is 0 Å². The number of esters is 1. The lowest BCUT2D eigenvalue weighted by atomic mass is 10.1. The van der Waals surface area contributed by atoms with Gasteiger partial charge in [0.1, 0.15) is 10.8 Å². The SMILES string of the molecule is Cc1noc(C)c1CSc1ncccc1C(=O)OC(C)C(=O)c1ccccc1. The molecule has 0 amide bonds. The lowest BCUT2D eigenvalue weighted by Gasteiger charge is -2.13. The van der Waals surface area contributed by atoms with Crippen LogP contribution in [0.5, 0.6) is 0 Å². The number of hydrogen-bond acceptors (Lipinski definition) is 7. The summed E-state index contributed by atoms with van der Waals surface area (Å²) in [6.45, 7) is 5.29. The van der Waals surface area contributed by atoms with Crippen molar-refractivity contribution in [2.75, 3.05) is 0 Å². The number of nitrogens with zero attached hydrogens (tertiary/aromatic N) is 2. The average Bonchev–Trinajstić information content (AvgIpc) is 3.04. The highest BCUT2D eigenvalue weighted by Crippen LogP contribution is 2.27. The van der Waals surface area contributed by atoms with Crippen LogP contribution in [0.1, 0.15) is 44.7 Å². The molecule has 0 radical (unpaired) electrons. The van der Waals surface area contributed by atoms with Crippen LogP contribution in [-0.2, 0) is 10.5 Å². The number of carbonyl (C=O) groups excluding carboxylic acids is 2. The summed E-state index contributed by atoms with van der Waals surface area (Å²) in [5, 5.41) is 4.47. The van der Waals surface area contributed by atoms with Gasteiger partial charge in [0.25, 0.3) is 0 Å². The van der Waals surface area contributed by atoms with E-state index in [0.717, 1.165) is 17.0 Å². The number of ether oxygens (including phenoxy) is 1. The molecule has 28 heavy (non-hydrogen) atoms. The third-order valence-electron chi connectivity index (χ3n) is 4.24. The summed E-state index contributed by atoms with van der Waals surface area (Å²) in [4.78, 5) is 29.4. The van der Waals surface area contributed by atoms with Gasteiger partial charge in [-0.05, 0) is 32.9 Å². The van der Waals surface area contributed by atoms with Crippen molar-refractivity contribution in [2.24, 2.45) is 0 Å². The first kappa shape index (κ1) is 19.8. The van der Waals surface area contributed by atoms with E-state index in [1.165, 1.54) is 11.8 Å². The normalized spacial score (nSPS) is 11.8. The van der Waals surface area contributed by atoms with Gasteiger partial charge in [0.05, 0.1) is 11.3 Å². The molecule has 0 aliphatic carbocycles. The van der Waals surface area contributed by atoms with Crippen LogP contribution >= 0.6 is 11.8 Å². The lowest BCUT2D eigenvalue weighted by Crippen LogP contribution is -2.24. The van der Waals surface area contributed by atoms with Crippen LogP contribution in [0.4, 0.5) is 0 Å². The minimum Gasteiger partial charge on any atom is -0.451 e. The van der Waals surface area contributed by atoms with Gasteiger partial charge >= 0.3 is 5.97 Å². The summed E-state index contributed by atoms with van der Waals surface area (Å²) in [5.74, 6) is 0.484. The van der Waals surface area contributed by atoms with Gasteiger partial charge in [0.15, 0.2) is 6.10 Å². The van der Waals surface area contributed by atoms with E-state index in [-0.39, 0.29) is 5.78 Å². The average molecular weight is 396 g/mol. The third kappa shape index (κ3) is 4.48. The van der Waals surface area contributed by atoms with E-state index in [2.05, 4.69) is 10.1 Å². The zero-order valence-corrected chi connectivity index (χ0v) is 16.7. The van der Waals surface area contributed by atoms with Gasteiger partial charge in [0.2, 0.25) is 5.78 Å². The van der Waals surface area contributed by atoms with E-state index in [0.29, 0.717) is 21.9 Å².